The number of amides is 1. The molecule has 2 aromatic rings. The number of carbonyl (C=O) groups is 1. The van der Waals surface area contributed by atoms with Gasteiger partial charge in [0.1, 0.15) is 0 Å². The maximum absolute atomic E-state index is 9.22. The highest BCUT2D eigenvalue weighted by atomic mass is 16.1. The molecule has 0 saturated carbocycles. The van der Waals surface area contributed by atoms with E-state index >= 15 is 0 Å². The van der Waals surface area contributed by atoms with Gasteiger partial charge in [-0.1, -0.05) is 94.3 Å². The van der Waals surface area contributed by atoms with Crippen LogP contribution in [0.1, 0.15) is 76.8 Å². The molecule has 0 aromatic heterocycles. The van der Waals surface area contributed by atoms with Gasteiger partial charge in [0.15, 0.2) is 0 Å². The molecule has 2 rings (SSSR count). The molecular weight excluding hydrogens is 356 g/mol. The minimum atomic E-state index is -0.333. The van der Waals surface area contributed by atoms with Gasteiger partial charge in [0.2, 0.25) is 5.91 Å². The normalized spacial score (nSPS) is 10.0. The van der Waals surface area contributed by atoms with Crippen molar-refractivity contribution in [1.82, 2.24) is 4.90 Å². The number of nitrogens with two attached hydrogens (primary N) is 1. The topological polar surface area (TPSA) is 46.3 Å². The largest absolute Gasteiger partial charge is 0.370 e. The van der Waals surface area contributed by atoms with E-state index in [2.05, 4.69) is 99.1 Å². The van der Waals surface area contributed by atoms with E-state index in [9.17, 15) is 4.79 Å². The number of nitrogens with zero attached hydrogens (tertiary/aromatic N) is 1. The molecule has 0 radical (unpaired) electrons. The molecule has 2 N–H and O–H groups in total. The summed E-state index contributed by atoms with van der Waals surface area (Å²) in [6, 6.07) is 21.6. The molecule has 2 aromatic carbocycles. The van der Waals surface area contributed by atoms with E-state index in [1.165, 1.54) is 63.2 Å². The molecule has 0 fully saturated rings. The lowest BCUT2D eigenvalue weighted by Gasteiger charge is -2.17. The number of hydrogen-bond donors (Lipinski definition) is 1. The van der Waals surface area contributed by atoms with Gasteiger partial charge in [-0.05, 0) is 50.5 Å². The molecule has 0 bridgehead atoms. The van der Waals surface area contributed by atoms with E-state index in [0.29, 0.717) is 5.92 Å². The Bertz CT molecular complexity index is 570. The summed E-state index contributed by atoms with van der Waals surface area (Å²) in [4.78, 5) is 11.6. The van der Waals surface area contributed by atoms with Gasteiger partial charge in [-0.25, -0.2) is 0 Å². The van der Waals surface area contributed by atoms with E-state index < -0.39 is 0 Å². The van der Waals surface area contributed by atoms with Crippen LogP contribution in [0.3, 0.4) is 0 Å². The highest BCUT2D eigenvalue weighted by Crippen LogP contribution is 2.28. The molecule has 0 aliphatic carbocycles. The first-order valence-corrected chi connectivity index (χ1v) is 11.0. The fraction of sp³-hybridized carbons (Fsp3) is 0.500. The minimum absolute atomic E-state index is 0.333. The first-order chi connectivity index (χ1) is 14.0. The Hall–Kier alpha value is -2.13. The van der Waals surface area contributed by atoms with Crippen molar-refractivity contribution in [1.29, 1.82) is 0 Å². The average molecular weight is 399 g/mol. The van der Waals surface area contributed by atoms with Gasteiger partial charge in [0, 0.05) is 12.8 Å². The van der Waals surface area contributed by atoms with Crippen LogP contribution in [0.25, 0.3) is 0 Å². The summed E-state index contributed by atoms with van der Waals surface area (Å²) < 4.78 is 0. The Morgan fingerprint density at radius 3 is 1.62 bits per heavy atom. The van der Waals surface area contributed by atoms with Gasteiger partial charge in [0.25, 0.3) is 0 Å². The van der Waals surface area contributed by atoms with Crippen LogP contribution in [0.2, 0.25) is 0 Å². The predicted octanol–water partition coefficient (Wildman–Crippen LogP) is 6.24. The van der Waals surface area contributed by atoms with E-state index in [0.717, 1.165) is 0 Å². The number of carbonyl (C=O) groups excluding carboxylic acids is 1. The lowest BCUT2D eigenvalue weighted by molar-refractivity contribution is -0.115. The summed E-state index contributed by atoms with van der Waals surface area (Å²) in [5.74, 6) is 0.215. The Balaban J connectivity index is 0.000000512. The molecule has 0 unspecified atom stereocenters. The zero-order chi connectivity index (χ0) is 21.9. The maximum Gasteiger partial charge on any atom is 0.214 e. The molecule has 0 aliphatic heterocycles. The quantitative estimate of drug-likeness (QED) is 0.543. The third-order valence-electron chi connectivity index (χ3n) is 4.48. The Kier molecular flexibility index (Phi) is 16.6. The number of primary amides is 1. The Morgan fingerprint density at radius 1 is 0.828 bits per heavy atom. The van der Waals surface area contributed by atoms with E-state index in [-0.39, 0.29) is 5.91 Å². The monoisotopic (exact) mass is 398 g/mol. The van der Waals surface area contributed by atoms with E-state index in [1.54, 1.807) is 0 Å². The van der Waals surface area contributed by atoms with Crippen LogP contribution in [0.4, 0.5) is 0 Å². The number of rotatable bonds is 9. The molecule has 0 aliphatic rings. The first kappa shape index (κ1) is 26.9. The zero-order valence-electron chi connectivity index (χ0n) is 19.2. The van der Waals surface area contributed by atoms with Crippen LogP contribution >= 0.6 is 0 Å². The van der Waals surface area contributed by atoms with Crippen LogP contribution in [-0.2, 0) is 4.79 Å². The molecule has 0 heterocycles. The number of unbranched alkanes of at least 4 members (excludes halogenated alkanes) is 1. The SMILES string of the molecule is CC(N)=O.CCCC(c1ccccc1)c1ccccc1.CCCCN(C)CCC. The summed E-state index contributed by atoms with van der Waals surface area (Å²) in [6.07, 6.45) is 6.37. The highest BCUT2D eigenvalue weighted by molar-refractivity contribution is 5.70. The molecular formula is C26H42N2O. The molecule has 0 atom stereocenters. The van der Waals surface area contributed by atoms with Crippen LogP contribution in [-0.4, -0.2) is 30.9 Å². The van der Waals surface area contributed by atoms with Gasteiger partial charge in [-0.3, -0.25) is 4.79 Å². The lowest BCUT2D eigenvalue weighted by atomic mass is 9.88. The van der Waals surface area contributed by atoms with E-state index in [4.69, 9.17) is 0 Å². The van der Waals surface area contributed by atoms with Crippen molar-refractivity contribution < 1.29 is 4.79 Å². The smallest absolute Gasteiger partial charge is 0.214 e. The summed E-state index contributed by atoms with van der Waals surface area (Å²) in [5, 5.41) is 0. The molecule has 1 amide bonds. The van der Waals surface area contributed by atoms with Crippen molar-refractivity contribution in [3.63, 3.8) is 0 Å². The van der Waals surface area contributed by atoms with Gasteiger partial charge >= 0.3 is 0 Å². The first-order valence-electron chi connectivity index (χ1n) is 11.0. The Morgan fingerprint density at radius 2 is 1.28 bits per heavy atom. The summed E-state index contributed by atoms with van der Waals surface area (Å²) in [6.45, 7) is 10.5. The minimum Gasteiger partial charge on any atom is -0.370 e. The molecule has 3 heteroatoms. The van der Waals surface area contributed by atoms with Gasteiger partial charge in [0.05, 0.1) is 0 Å². The number of benzene rings is 2. The van der Waals surface area contributed by atoms with Crippen LogP contribution < -0.4 is 5.73 Å². The molecule has 3 nitrogen and oxygen atoms in total. The summed E-state index contributed by atoms with van der Waals surface area (Å²) in [5.41, 5.74) is 7.33. The fourth-order valence-electron chi connectivity index (χ4n) is 3.11. The number of hydrogen-bond acceptors (Lipinski definition) is 2. The van der Waals surface area contributed by atoms with Gasteiger partial charge in [-0.2, -0.15) is 0 Å². The van der Waals surface area contributed by atoms with Crippen molar-refractivity contribution in [3.05, 3.63) is 71.8 Å². The summed E-state index contributed by atoms with van der Waals surface area (Å²) >= 11 is 0. The van der Waals surface area contributed by atoms with Crippen molar-refractivity contribution in [3.8, 4) is 0 Å². The fourth-order valence-corrected chi connectivity index (χ4v) is 3.11. The van der Waals surface area contributed by atoms with Gasteiger partial charge in [-0.15, -0.1) is 0 Å². The zero-order valence-corrected chi connectivity index (χ0v) is 19.2. The molecule has 162 valence electrons. The summed E-state index contributed by atoms with van der Waals surface area (Å²) in [7, 11) is 2.19. The van der Waals surface area contributed by atoms with Crippen molar-refractivity contribution in [2.24, 2.45) is 5.73 Å². The standard InChI is InChI=1S/C16H18.C8H19N.C2H5NO/c1-2-9-16(14-10-5-3-6-11-14)15-12-7-4-8-13-15;1-4-6-8-9(3)7-5-2;1-2(3)4/h3-8,10-13,16H,2,9H2,1H3;4-8H2,1-3H3;1H3,(H2,3,4). The van der Waals surface area contributed by atoms with Crippen LogP contribution in [0.15, 0.2) is 60.7 Å². The van der Waals surface area contributed by atoms with Gasteiger partial charge < -0.3 is 10.6 Å². The maximum atomic E-state index is 9.22. The van der Waals surface area contributed by atoms with Crippen LogP contribution in [0.5, 0.6) is 0 Å². The third-order valence-corrected chi connectivity index (χ3v) is 4.48. The predicted molar refractivity (Wildman–Crippen MR) is 127 cm³/mol. The van der Waals surface area contributed by atoms with Crippen molar-refractivity contribution in [2.75, 3.05) is 20.1 Å². The molecule has 0 spiro atoms. The third kappa shape index (κ3) is 14.5. The highest BCUT2D eigenvalue weighted by Gasteiger charge is 2.11. The van der Waals surface area contributed by atoms with Crippen molar-refractivity contribution >= 4 is 5.91 Å². The molecule has 29 heavy (non-hydrogen) atoms. The molecule has 0 saturated heterocycles. The van der Waals surface area contributed by atoms with E-state index in [1.807, 2.05) is 0 Å². The second-order valence-corrected chi connectivity index (χ2v) is 7.43. The van der Waals surface area contributed by atoms with Crippen LogP contribution in [0, 0.1) is 0 Å². The van der Waals surface area contributed by atoms with Crippen molar-refractivity contribution in [2.45, 2.75) is 65.7 Å². The second kappa shape index (κ2) is 17.9. The average Bonchev–Trinajstić information content (AvgIpc) is 2.72. The Labute approximate surface area is 179 Å². The lowest BCUT2D eigenvalue weighted by Crippen LogP contribution is -2.19. The second-order valence-electron chi connectivity index (χ2n) is 7.43.